The van der Waals surface area contributed by atoms with Crippen molar-refractivity contribution in [2.24, 2.45) is 7.05 Å². The second-order valence-electron chi connectivity index (χ2n) is 6.82. The summed E-state index contributed by atoms with van der Waals surface area (Å²) in [5.74, 6) is -0.245. The molecule has 28 heavy (non-hydrogen) atoms. The first kappa shape index (κ1) is 18.7. The second-order valence-corrected chi connectivity index (χ2v) is 7.83. The van der Waals surface area contributed by atoms with Gasteiger partial charge in [0.2, 0.25) is 0 Å². The maximum atomic E-state index is 12.9. The van der Waals surface area contributed by atoms with Gasteiger partial charge in [0.15, 0.2) is 10.9 Å². The van der Waals surface area contributed by atoms with Gasteiger partial charge in [-0.2, -0.15) is 0 Å². The average molecular weight is 398 g/mol. The second kappa shape index (κ2) is 8.15. The number of hydrogen-bond donors (Lipinski definition) is 2. The van der Waals surface area contributed by atoms with E-state index in [9.17, 15) is 4.79 Å². The van der Waals surface area contributed by atoms with E-state index in [1.807, 2.05) is 53.7 Å². The normalized spacial score (nSPS) is 14.9. The van der Waals surface area contributed by atoms with Gasteiger partial charge in [-0.05, 0) is 56.7 Å². The highest BCUT2D eigenvalue weighted by Gasteiger charge is 2.23. The lowest BCUT2D eigenvalue weighted by Gasteiger charge is -2.23. The standard InChI is InChI=1S/C19H23N7OS/c1-13-17(23-24-26(13)14-7-9-20-10-8-14)18(27)22-15-5-3-4-6-16(15)28-19-21-11-12-25(19)2/h3-6,11-12,14,20H,7-10H2,1-2H3,(H,22,27). The number of piperidine rings is 1. The van der Waals surface area contributed by atoms with Gasteiger partial charge in [-0.15, -0.1) is 5.10 Å². The fourth-order valence-corrected chi connectivity index (χ4v) is 4.23. The lowest BCUT2D eigenvalue weighted by molar-refractivity contribution is 0.102. The van der Waals surface area contributed by atoms with E-state index >= 15 is 0 Å². The van der Waals surface area contributed by atoms with Crippen molar-refractivity contribution in [3.05, 3.63) is 48.0 Å². The monoisotopic (exact) mass is 397 g/mol. The van der Waals surface area contributed by atoms with Gasteiger partial charge in [0.05, 0.1) is 17.4 Å². The molecular weight excluding hydrogens is 374 g/mol. The Labute approximate surface area is 167 Å². The number of amides is 1. The van der Waals surface area contributed by atoms with E-state index in [0.29, 0.717) is 11.7 Å². The number of carbonyl (C=O) groups excluding carboxylic acids is 1. The molecule has 9 heteroatoms. The first-order chi connectivity index (χ1) is 13.6. The van der Waals surface area contributed by atoms with E-state index in [1.165, 1.54) is 11.8 Å². The summed E-state index contributed by atoms with van der Waals surface area (Å²) in [5, 5.41) is 15.6. The molecule has 0 atom stereocenters. The molecule has 0 bridgehead atoms. The highest BCUT2D eigenvalue weighted by Crippen LogP contribution is 2.32. The summed E-state index contributed by atoms with van der Waals surface area (Å²) in [6, 6.07) is 7.99. The van der Waals surface area contributed by atoms with Gasteiger partial charge >= 0.3 is 0 Å². The maximum absolute atomic E-state index is 12.9. The molecule has 0 spiro atoms. The molecule has 2 N–H and O–H groups in total. The average Bonchev–Trinajstić information content (AvgIpc) is 3.29. The van der Waals surface area contributed by atoms with E-state index in [1.54, 1.807) is 6.20 Å². The van der Waals surface area contributed by atoms with E-state index < -0.39 is 0 Å². The topological polar surface area (TPSA) is 89.7 Å². The number of nitrogens with zero attached hydrogens (tertiary/aromatic N) is 5. The van der Waals surface area contributed by atoms with Crippen LogP contribution in [0.1, 0.15) is 35.1 Å². The van der Waals surface area contributed by atoms with Crippen LogP contribution < -0.4 is 10.6 Å². The Morgan fingerprint density at radius 1 is 1.29 bits per heavy atom. The van der Waals surface area contributed by atoms with Crippen LogP contribution in [0.2, 0.25) is 0 Å². The predicted molar refractivity (Wildman–Crippen MR) is 108 cm³/mol. The molecule has 8 nitrogen and oxygen atoms in total. The molecule has 1 fully saturated rings. The number of para-hydroxylation sites is 1. The summed E-state index contributed by atoms with van der Waals surface area (Å²) >= 11 is 1.51. The smallest absolute Gasteiger partial charge is 0.278 e. The van der Waals surface area contributed by atoms with Crippen LogP contribution >= 0.6 is 11.8 Å². The third-order valence-corrected chi connectivity index (χ3v) is 6.06. The number of hydrogen-bond acceptors (Lipinski definition) is 6. The number of aromatic nitrogens is 5. The van der Waals surface area contributed by atoms with Gasteiger partial charge in [0.25, 0.3) is 5.91 Å². The molecular formula is C19H23N7OS. The quantitative estimate of drug-likeness (QED) is 0.688. The minimum atomic E-state index is -0.245. The lowest BCUT2D eigenvalue weighted by Crippen LogP contribution is -2.30. The Hall–Kier alpha value is -2.65. The molecule has 1 aromatic carbocycles. The largest absolute Gasteiger partial charge is 0.329 e. The van der Waals surface area contributed by atoms with Crippen molar-refractivity contribution >= 4 is 23.4 Å². The van der Waals surface area contributed by atoms with Crippen LogP contribution in [0.3, 0.4) is 0 Å². The van der Waals surface area contributed by atoms with Crippen molar-refractivity contribution in [3.63, 3.8) is 0 Å². The number of rotatable bonds is 5. The first-order valence-electron chi connectivity index (χ1n) is 9.31. The van der Waals surface area contributed by atoms with Gasteiger partial charge in [-0.25, -0.2) is 9.67 Å². The molecule has 1 saturated heterocycles. The lowest BCUT2D eigenvalue weighted by atomic mass is 10.1. The fraction of sp³-hybridized carbons (Fsp3) is 0.368. The van der Waals surface area contributed by atoms with Crippen LogP contribution in [0, 0.1) is 6.92 Å². The summed E-state index contributed by atoms with van der Waals surface area (Å²) in [6.07, 6.45) is 5.64. The zero-order valence-electron chi connectivity index (χ0n) is 15.9. The summed E-state index contributed by atoms with van der Waals surface area (Å²) < 4.78 is 3.84. The Kier molecular flexibility index (Phi) is 5.45. The number of benzene rings is 1. The van der Waals surface area contributed by atoms with Gasteiger partial charge < -0.3 is 15.2 Å². The van der Waals surface area contributed by atoms with Crippen LogP contribution in [0.5, 0.6) is 0 Å². The molecule has 4 rings (SSSR count). The Balaban J connectivity index is 1.53. The number of carbonyl (C=O) groups is 1. The summed E-state index contributed by atoms with van der Waals surface area (Å²) in [6.45, 7) is 3.83. The van der Waals surface area contributed by atoms with Gasteiger partial charge in [-0.3, -0.25) is 4.79 Å². The molecule has 0 unspecified atom stereocenters. The molecule has 0 saturated carbocycles. The zero-order chi connectivity index (χ0) is 19.5. The zero-order valence-corrected chi connectivity index (χ0v) is 16.7. The predicted octanol–water partition coefficient (Wildman–Crippen LogP) is 2.65. The molecule has 2 aromatic heterocycles. The van der Waals surface area contributed by atoms with Crippen molar-refractivity contribution in [3.8, 4) is 0 Å². The molecule has 1 aliphatic heterocycles. The van der Waals surface area contributed by atoms with Gasteiger partial charge in [0.1, 0.15) is 0 Å². The van der Waals surface area contributed by atoms with Crippen LogP contribution in [0.25, 0.3) is 0 Å². The Morgan fingerprint density at radius 2 is 2.07 bits per heavy atom. The maximum Gasteiger partial charge on any atom is 0.278 e. The van der Waals surface area contributed by atoms with E-state index in [-0.39, 0.29) is 5.91 Å². The third kappa shape index (κ3) is 3.81. The number of anilines is 1. The van der Waals surface area contributed by atoms with Crippen LogP contribution in [0.15, 0.2) is 46.7 Å². The van der Waals surface area contributed by atoms with Crippen molar-refractivity contribution in [1.29, 1.82) is 0 Å². The van der Waals surface area contributed by atoms with Gasteiger partial charge in [0, 0.05) is 24.3 Å². The third-order valence-electron chi connectivity index (χ3n) is 4.91. The van der Waals surface area contributed by atoms with Gasteiger partial charge in [-0.1, -0.05) is 17.3 Å². The molecule has 1 aliphatic rings. The van der Waals surface area contributed by atoms with E-state index in [4.69, 9.17) is 0 Å². The van der Waals surface area contributed by atoms with E-state index in [2.05, 4.69) is 25.9 Å². The number of imidazole rings is 1. The van der Waals surface area contributed by atoms with Crippen molar-refractivity contribution in [2.45, 2.75) is 35.9 Å². The SMILES string of the molecule is Cc1c(C(=O)Nc2ccccc2Sc2nccn2C)nnn1C1CCNCC1. The molecule has 3 aromatic rings. The molecule has 0 radical (unpaired) electrons. The van der Waals surface area contributed by atoms with Crippen molar-refractivity contribution in [1.82, 2.24) is 29.9 Å². The fourth-order valence-electron chi connectivity index (χ4n) is 3.34. The highest BCUT2D eigenvalue weighted by molar-refractivity contribution is 7.99. The highest BCUT2D eigenvalue weighted by atomic mass is 32.2. The van der Waals surface area contributed by atoms with Crippen LogP contribution in [-0.4, -0.2) is 43.5 Å². The number of nitrogens with one attached hydrogen (secondary N) is 2. The van der Waals surface area contributed by atoms with Crippen LogP contribution in [-0.2, 0) is 7.05 Å². The summed E-state index contributed by atoms with van der Waals surface area (Å²) in [7, 11) is 1.94. The molecule has 3 heterocycles. The summed E-state index contributed by atoms with van der Waals surface area (Å²) in [5.41, 5.74) is 1.91. The number of aryl methyl sites for hydroxylation is 1. The summed E-state index contributed by atoms with van der Waals surface area (Å²) in [4.78, 5) is 18.1. The molecule has 0 aliphatic carbocycles. The first-order valence-corrected chi connectivity index (χ1v) is 10.1. The Morgan fingerprint density at radius 3 is 2.82 bits per heavy atom. The molecule has 1 amide bonds. The minimum Gasteiger partial charge on any atom is -0.329 e. The van der Waals surface area contributed by atoms with E-state index in [0.717, 1.165) is 47.4 Å². The Bertz CT molecular complexity index is 974. The minimum absolute atomic E-state index is 0.245. The van der Waals surface area contributed by atoms with Crippen LogP contribution in [0.4, 0.5) is 5.69 Å². The molecule has 146 valence electrons. The van der Waals surface area contributed by atoms with Crippen molar-refractivity contribution in [2.75, 3.05) is 18.4 Å². The van der Waals surface area contributed by atoms with Crippen molar-refractivity contribution < 1.29 is 4.79 Å².